The zero-order valence-electron chi connectivity index (χ0n) is 17.6. The highest BCUT2D eigenvalue weighted by molar-refractivity contribution is 9.10. The van der Waals surface area contributed by atoms with E-state index >= 15 is 0 Å². The Morgan fingerprint density at radius 1 is 1.12 bits per heavy atom. The van der Waals surface area contributed by atoms with Crippen LogP contribution in [-0.2, 0) is 4.79 Å². The second kappa shape index (κ2) is 10.8. The Balaban J connectivity index is 1.51. The topological polar surface area (TPSA) is 72.2 Å². The van der Waals surface area contributed by atoms with E-state index in [-0.39, 0.29) is 11.7 Å². The number of carbonyl (C=O) groups is 1. The van der Waals surface area contributed by atoms with Crippen molar-refractivity contribution in [1.82, 2.24) is 20.2 Å². The summed E-state index contributed by atoms with van der Waals surface area (Å²) in [6, 6.07) is 23.1. The lowest BCUT2D eigenvalue weighted by molar-refractivity contribution is -0.118. The minimum absolute atomic E-state index is 0.134. The Bertz CT molecular complexity index is 1290. The lowest BCUT2D eigenvalue weighted by Gasteiger charge is -2.10. The van der Waals surface area contributed by atoms with Gasteiger partial charge in [0.25, 0.3) is 5.91 Å². The molecular formula is C24H19BrClN5OS. The number of hydrazone groups is 1. The Morgan fingerprint density at radius 3 is 2.61 bits per heavy atom. The van der Waals surface area contributed by atoms with Crippen LogP contribution in [0.4, 0.5) is 0 Å². The molecule has 0 saturated heterocycles. The number of hydrogen-bond acceptors (Lipinski definition) is 5. The van der Waals surface area contributed by atoms with E-state index in [4.69, 9.17) is 11.6 Å². The molecule has 0 saturated carbocycles. The lowest BCUT2D eigenvalue weighted by Crippen LogP contribution is -2.20. The summed E-state index contributed by atoms with van der Waals surface area (Å²) in [5.41, 5.74) is 6.37. The number of hydrogen-bond donors (Lipinski definition) is 1. The number of nitrogens with zero attached hydrogens (tertiary/aromatic N) is 4. The van der Waals surface area contributed by atoms with Gasteiger partial charge in [-0.25, -0.2) is 5.43 Å². The fourth-order valence-electron chi connectivity index (χ4n) is 3.00. The number of aryl methyl sites for hydroxylation is 1. The van der Waals surface area contributed by atoms with Gasteiger partial charge in [-0.3, -0.25) is 9.36 Å². The molecule has 1 aromatic heterocycles. The molecule has 0 atom stereocenters. The first-order chi connectivity index (χ1) is 16.0. The summed E-state index contributed by atoms with van der Waals surface area (Å²) in [5.74, 6) is 0.580. The predicted octanol–water partition coefficient (Wildman–Crippen LogP) is 5.90. The second-order valence-corrected chi connectivity index (χ2v) is 9.42. The first-order valence-electron chi connectivity index (χ1n) is 9.98. The number of benzene rings is 3. The molecule has 1 amide bonds. The molecule has 0 aliphatic rings. The average molecular weight is 541 g/mol. The Kier molecular flexibility index (Phi) is 7.59. The van der Waals surface area contributed by atoms with E-state index in [1.165, 1.54) is 11.8 Å². The molecule has 0 fully saturated rings. The predicted molar refractivity (Wildman–Crippen MR) is 137 cm³/mol. The molecule has 4 rings (SSSR count). The van der Waals surface area contributed by atoms with Gasteiger partial charge in [0.1, 0.15) is 0 Å². The molecule has 0 aliphatic heterocycles. The van der Waals surface area contributed by atoms with Crippen LogP contribution in [0.3, 0.4) is 0 Å². The van der Waals surface area contributed by atoms with E-state index < -0.39 is 0 Å². The number of aromatic nitrogens is 3. The highest BCUT2D eigenvalue weighted by Gasteiger charge is 2.17. The third-order valence-electron chi connectivity index (χ3n) is 4.61. The number of thioether (sulfide) groups is 1. The van der Waals surface area contributed by atoms with Crippen LogP contribution >= 0.6 is 39.3 Å². The maximum Gasteiger partial charge on any atom is 0.250 e. The van der Waals surface area contributed by atoms with Gasteiger partial charge in [0.2, 0.25) is 0 Å². The first kappa shape index (κ1) is 23.2. The van der Waals surface area contributed by atoms with E-state index in [0.29, 0.717) is 16.0 Å². The van der Waals surface area contributed by atoms with Crippen molar-refractivity contribution in [1.29, 1.82) is 0 Å². The van der Waals surface area contributed by atoms with Crippen molar-refractivity contribution in [2.75, 3.05) is 5.75 Å². The number of rotatable bonds is 7. The Morgan fingerprint density at radius 2 is 1.88 bits per heavy atom. The molecule has 0 unspecified atom stereocenters. The molecule has 1 heterocycles. The summed E-state index contributed by atoms with van der Waals surface area (Å²) in [4.78, 5) is 12.4. The zero-order valence-corrected chi connectivity index (χ0v) is 20.7. The normalized spacial score (nSPS) is 11.1. The van der Waals surface area contributed by atoms with Crippen molar-refractivity contribution in [3.63, 3.8) is 0 Å². The van der Waals surface area contributed by atoms with Crippen molar-refractivity contribution >= 4 is 51.4 Å². The van der Waals surface area contributed by atoms with Crippen LogP contribution in [0, 0.1) is 6.92 Å². The van der Waals surface area contributed by atoms with Gasteiger partial charge >= 0.3 is 0 Å². The molecule has 33 heavy (non-hydrogen) atoms. The molecule has 0 bridgehead atoms. The van der Waals surface area contributed by atoms with Crippen molar-refractivity contribution in [3.05, 3.63) is 93.4 Å². The third-order valence-corrected chi connectivity index (χ3v) is 6.29. The van der Waals surface area contributed by atoms with Crippen molar-refractivity contribution in [2.45, 2.75) is 12.1 Å². The fraction of sp³-hybridized carbons (Fsp3) is 0.0833. The molecule has 0 spiro atoms. The number of amides is 1. The van der Waals surface area contributed by atoms with Gasteiger partial charge < -0.3 is 0 Å². The summed E-state index contributed by atoms with van der Waals surface area (Å²) < 4.78 is 2.86. The standard InChI is InChI=1S/C24H19BrClN5OS/c1-16-5-7-18(8-6-16)23-29-30-24(31(23)21-11-9-20(26)10-12-21)33-15-22(32)28-27-14-17-3-2-4-19(25)13-17/h2-14H,15H2,1H3,(H,28,32)/b27-14-. The van der Waals surface area contributed by atoms with Crippen molar-refractivity contribution in [3.8, 4) is 17.1 Å². The van der Waals surface area contributed by atoms with E-state index in [0.717, 1.165) is 26.9 Å². The van der Waals surface area contributed by atoms with Gasteiger partial charge in [-0.15, -0.1) is 10.2 Å². The lowest BCUT2D eigenvalue weighted by atomic mass is 10.1. The monoisotopic (exact) mass is 539 g/mol. The van der Waals surface area contributed by atoms with Gasteiger partial charge in [-0.1, -0.05) is 81.3 Å². The summed E-state index contributed by atoms with van der Waals surface area (Å²) in [5, 5.41) is 14.0. The summed E-state index contributed by atoms with van der Waals surface area (Å²) in [6.45, 7) is 2.03. The summed E-state index contributed by atoms with van der Waals surface area (Å²) in [7, 11) is 0. The van der Waals surface area contributed by atoms with Crippen LogP contribution in [-0.4, -0.2) is 32.6 Å². The van der Waals surface area contributed by atoms with E-state index in [1.54, 1.807) is 6.21 Å². The zero-order chi connectivity index (χ0) is 23.2. The molecule has 1 N–H and O–H groups in total. The highest BCUT2D eigenvalue weighted by Crippen LogP contribution is 2.28. The van der Waals surface area contributed by atoms with Crippen LogP contribution < -0.4 is 5.43 Å². The quantitative estimate of drug-likeness (QED) is 0.180. The maximum absolute atomic E-state index is 12.4. The van der Waals surface area contributed by atoms with Gasteiger partial charge in [0, 0.05) is 20.7 Å². The Hall–Kier alpha value is -2.94. The molecule has 3 aromatic carbocycles. The van der Waals surface area contributed by atoms with E-state index in [9.17, 15) is 4.79 Å². The molecule has 6 nitrogen and oxygen atoms in total. The second-order valence-electron chi connectivity index (χ2n) is 7.12. The average Bonchev–Trinajstić information content (AvgIpc) is 3.23. The van der Waals surface area contributed by atoms with Crippen LogP contribution in [0.2, 0.25) is 5.02 Å². The minimum Gasteiger partial charge on any atom is -0.272 e. The van der Waals surface area contributed by atoms with E-state index in [2.05, 4.69) is 36.7 Å². The van der Waals surface area contributed by atoms with Crippen LogP contribution in [0.25, 0.3) is 17.1 Å². The van der Waals surface area contributed by atoms with Crippen molar-refractivity contribution < 1.29 is 4.79 Å². The maximum atomic E-state index is 12.4. The molecular weight excluding hydrogens is 522 g/mol. The smallest absolute Gasteiger partial charge is 0.250 e. The summed E-state index contributed by atoms with van der Waals surface area (Å²) in [6.07, 6.45) is 1.60. The first-order valence-corrected chi connectivity index (χ1v) is 12.1. The largest absolute Gasteiger partial charge is 0.272 e. The molecule has 166 valence electrons. The van der Waals surface area contributed by atoms with Crippen LogP contribution in [0.5, 0.6) is 0 Å². The molecule has 0 radical (unpaired) electrons. The third kappa shape index (κ3) is 6.10. The van der Waals surface area contributed by atoms with Crippen molar-refractivity contribution in [2.24, 2.45) is 5.10 Å². The van der Waals surface area contributed by atoms with Crippen LogP contribution in [0.1, 0.15) is 11.1 Å². The highest BCUT2D eigenvalue weighted by atomic mass is 79.9. The minimum atomic E-state index is -0.242. The van der Waals surface area contributed by atoms with E-state index in [1.807, 2.05) is 84.3 Å². The van der Waals surface area contributed by atoms with Gasteiger partial charge in [-0.05, 0) is 48.9 Å². The van der Waals surface area contributed by atoms with Gasteiger partial charge in [-0.2, -0.15) is 5.10 Å². The molecule has 0 aliphatic carbocycles. The van der Waals surface area contributed by atoms with Gasteiger partial charge in [0.15, 0.2) is 11.0 Å². The molecule has 4 aromatic rings. The SMILES string of the molecule is Cc1ccc(-c2nnc(SCC(=O)N/N=C\c3cccc(Br)c3)n2-c2ccc(Cl)cc2)cc1. The number of carbonyl (C=O) groups excluding carboxylic acids is 1. The number of nitrogens with one attached hydrogen (secondary N) is 1. The number of halogens is 2. The fourth-order valence-corrected chi connectivity index (χ4v) is 4.29. The Labute approximate surface area is 209 Å². The summed E-state index contributed by atoms with van der Waals surface area (Å²) >= 11 is 10.8. The van der Waals surface area contributed by atoms with Crippen LogP contribution in [0.15, 0.2) is 87.5 Å². The molecule has 9 heteroatoms. The van der Waals surface area contributed by atoms with Gasteiger partial charge in [0.05, 0.1) is 12.0 Å².